The molecule has 4 rings (SSSR count). The first kappa shape index (κ1) is 25.7. The molecule has 10 heteroatoms. The van der Waals surface area contributed by atoms with E-state index in [9.17, 15) is 4.79 Å². The van der Waals surface area contributed by atoms with Crippen LogP contribution in [-0.2, 0) is 17.9 Å². The first-order chi connectivity index (χ1) is 16.9. The molecule has 0 fully saturated rings. The van der Waals surface area contributed by atoms with Crippen molar-refractivity contribution in [2.45, 2.75) is 26.5 Å². The topological polar surface area (TPSA) is 65.4 Å². The van der Waals surface area contributed by atoms with Crippen molar-refractivity contribution < 1.29 is 14.3 Å². The van der Waals surface area contributed by atoms with Gasteiger partial charge in [-0.1, -0.05) is 29.3 Å². The molecule has 0 unspecified atom stereocenters. The van der Waals surface area contributed by atoms with Gasteiger partial charge in [0.15, 0.2) is 0 Å². The quantitative estimate of drug-likeness (QED) is 0.212. The van der Waals surface area contributed by atoms with Gasteiger partial charge in [-0.05, 0) is 49.1 Å². The van der Waals surface area contributed by atoms with Crippen molar-refractivity contribution in [2.24, 2.45) is 0 Å². The fourth-order valence-electron chi connectivity index (χ4n) is 3.61. The van der Waals surface area contributed by atoms with E-state index in [0.29, 0.717) is 47.7 Å². The molecule has 0 atom stereocenters. The standard InChI is InChI=1S/C25H25Cl2N3O3S2/c1-16-21(25(31)28-6-4-7-32-2)12-23(30(16)13-20-5-3-8-34-20)22-15-35-24(29-22)14-33-19-10-17(26)9-18(27)11-19/h3,5,8-12,15H,4,6-7,13-14H2,1-2H3,(H,28,31). The molecule has 0 aliphatic rings. The number of amides is 1. The average molecular weight is 551 g/mol. The fraction of sp³-hybridized carbons (Fsp3) is 0.280. The van der Waals surface area contributed by atoms with E-state index in [0.717, 1.165) is 28.5 Å². The van der Waals surface area contributed by atoms with Crippen molar-refractivity contribution >= 4 is 51.8 Å². The Labute approximate surface area is 222 Å². The predicted molar refractivity (Wildman–Crippen MR) is 143 cm³/mol. The van der Waals surface area contributed by atoms with Crippen molar-refractivity contribution in [2.75, 3.05) is 20.3 Å². The minimum Gasteiger partial charge on any atom is -0.486 e. The Morgan fingerprint density at radius 1 is 1.17 bits per heavy atom. The van der Waals surface area contributed by atoms with E-state index in [1.165, 1.54) is 16.2 Å². The number of methoxy groups -OCH3 is 1. The molecule has 0 radical (unpaired) electrons. The Bertz CT molecular complexity index is 1270. The highest BCUT2D eigenvalue weighted by molar-refractivity contribution is 7.10. The largest absolute Gasteiger partial charge is 0.486 e. The smallest absolute Gasteiger partial charge is 0.253 e. The van der Waals surface area contributed by atoms with Crippen molar-refractivity contribution in [3.8, 4) is 17.1 Å². The Hall–Kier alpha value is -2.36. The third kappa shape index (κ3) is 6.65. The molecule has 1 N–H and O–H groups in total. The molecule has 0 aliphatic carbocycles. The number of nitrogens with zero attached hydrogens (tertiary/aromatic N) is 2. The first-order valence-electron chi connectivity index (χ1n) is 11.0. The molecule has 6 nitrogen and oxygen atoms in total. The van der Waals surface area contributed by atoms with Gasteiger partial charge in [0.2, 0.25) is 0 Å². The second kappa shape index (κ2) is 12.1. The molecule has 184 valence electrons. The monoisotopic (exact) mass is 549 g/mol. The van der Waals surface area contributed by atoms with Crippen molar-refractivity contribution in [3.63, 3.8) is 0 Å². The van der Waals surface area contributed by atoms with Crippen LogP contribution in [0.25, 0.3) is 11.4 Å². The summed E-state index contributed by atoms with van der Waals surface area (Å²) in [6, 6.07) is 11.1. The van der Waals surface area contributed by atoms with Crippen molar-refractivity contribution in [3.05, 3.63) is 78.3 Å². The highest BCUT2D eigenvalue weighted by Crippen LogP contribution is 2.30. The second-order valence-electron chi connectivity index (χ2n) is 7.82. The fourth-order valence-corrected chi connectivity index (χ4v) is 5.51. The van der Waals surface area contributed by atoms with E-state index in [1.807, 2.05) is 24.4 Å². The number of nitrogens with one attached hydrogen (secondary N) is 1. The Kier molecular flexibility index (Phi) is 8.86. The van der Waals surface area contributed by atoms with Gasteiger partial charge < -0.3 is 19.4 Å². The number of thiophene rings is 1. The number of hydrogen-bond donors (Lipinski definition) is 1. The van der Waals surface area contributed by atoms with Gasteiger partial charge in [0.25, 0.3) is 5.91 Å². The van der Waals surface area contributed by atoms with Crippen LogP contribution in [0.15, 0.2) is 47.2 Å². The molecule has 3 aromatic heterocycles. The summed E-state index contributed by atoms with van der Waals surface area (Å²) in [6.07, 6.45) is 0.761. The van der Waals surface area contributed by atoms with Crippen molar-refractivity contribution in [1.82, 2.24) is 14.9 Å². The molecule has 0 saturated carbocycles. The molecular formula is C25H25Cl2N3O3S2. The van der Waals surface area contributed by atoms with Gasteiger partial charge in [-0.2, -0.15) is 0 Å². The van der Waals surface area contributed by atoms with E-state index in [4.69, 9.17) is 37.7 Å². The summed E-state index contributed by atoms with van der Waals surface area (Å²) in [5.74, 6) is 0.491. The molecule has 1 amide bonds. The zero-order valence-corrected chi connectivity index (χ0v) is 22.5. The summed E-state index contributed by atoms with van der Waals surface area (Å²) in [4.78, 5) is 18.9. The Morgan fingerprint density at radius 3 is 2.69 bits per heavy atom. The number of aromatic nitrogens is 2. The number of benzene rings is 1. The minimum absolute atomic E-state index is 0.0959. The van der Waals surface area contributed by atoms with Crippen LogP contribution in [0.5, 0.6) is 5.75 Å². The van der Waals surface area contributed by atoms with Gasteiger partial charge in [-0.3, -0.25) is 4.79 Å². The zero-order chi connectivity index (χ0) is 24.8. The first-order valence-corrected chi connectivity index (χ1v) is 13.5. The summed E-state index contributed by atoms with van der Waals surface area (Å²) >= 11 is 15.3. The summed E-state index contributed by atoms with van der Waals surface area (Å²) < 4.78 is 13.1. The number of ether oxygens (including phenoxy) is 2. The van der Waals surface area contributed by atoms with Gasteiger partial charge in [0.1, 0.15) is 17.4 Å². The van der Waals surface area contributed by atoms with Gasteiger partial charge in [-0.15, -0.1) is 22.7 Å². The third-order valence-electron chi connectivity index (χ3n) is 5.33. The number of thiazole rings is 1. The zero-order valence-electron chi connectivity index (χ0n) is 19.3. The average Bonchev–Trinajstić information content (AvgIpc) is 3.57. The molecule has 3 heterocycles. The van der Waals surface area contributed by atoms with Crippen LogP contribution < -0.4 is 10.1 Å². The van der Waals surface area contributed by atoms with Crippen LogP contribution in [0.3, 0.4) is 0 Å². The summed E-state index contributed by atoms with van der Waals surface area (Å²) in [7, 11) is 1.65. The molecule has 35 heavy (non-hydrogen) atoms. The molecular weight excluding hydrogens is 525 g/mol. The summed E-state index contributed by atoms with van der Waals surface area (Å²) in [5.41, 5.74) is 3.24. The van der Waals surface area contributed by atoms with E-state index in [2.05, 4.69) is 21.3 Å². The Balaban J connectivity index is 1.56. The summed E-state index contributed by atoms with van der Waals surface area (Å²) in [6.45, 7) is 4.09. The molecule has 0 saturated heterocycles. The molecule has 0 bridgehead atoms. The number of hydrogen-bond acceptors (Lipinski definition) is 6. The van der Waals surface area contributed by atoms with Gasteiger partial charge in [0.05, 0.1) is 23.5 Å². The maximum Gasteiger partial charge on any atom is 0.253 e. The third-order valence-corrected chi connectivity index (χ3v) is 7.45. The Morgan fingerprint density at radius 2 is 1.97 bits per heavy atom. The SMILES string of the molecule is COCCCNC(=O)c1cc(-c2csc(COc3cc(Cl)cc(Cl)c3)n2)n(Cc2cccs2)c1C. The number of carbonyl (C=O) groups is 1. The lowest BCUT2D eigenvalue weighted by molar-refractivity contribution is 0.0948. The van der Waals surface area contributed by atoms with Gasteiger partial charge in [-0.25, -0.2) is 4.98 Å². The van der Waals surface area contributed by atoms with Crippen LogP contribution in [-0.4, -0.2) is 35.7 Å². The predicted octanol–water partition coefficient (Wildman–Crippen LogP) is 6.68. The van der Waals surface area contributed by atoms with E-state index in [-0.39, 0.29) is 5.91 Å². The van der Waals surface area contributed by atoms with Crippen LogP contribution in [0.2, 0.25) is 10.0 Å². The van der Waals surface area contributed by atoms with Crippen LogP contribution in [0.1, 0.15) is 32.4 Å². The maximum atomic E-state index is 12.9. The normalized spacial score (nSPS) is 11.1. The number of carbonyl (C=O) groups excluding carboxylic acids is 1. The highest BCUT2D eigenvalue weighted by Gasteiger charge is 2.20. The lowest BCUT2D eigenvalue weighted by atomic mass is 10.2. The van der Waals surface area contributed by atoms with E-state index >= 15 is 0 Å². The number of rotatable bonds is 11. The van der Waals surface area contributed by atoms with E-state index in [1.54, 1.807) is 36.6 Å². The minimum atomic E-state index is -0.0959. The lowest BCUT2D eigenvalue weighted by Crippen LogP contribution is -2.25. The van der Waals surface area contributed by atoms with E-state index < -0.39 is 0 Å². The molecule has 4 aromatic rings. The molecule has 0 aliphatic heterocycles. The molecule has 0 spiro atoms. The maximum absolute atomic E-state index is 12.9. The summed E-state index contributed by atoms with van der Waals surface area (Å²) in [5, 5.41) is 8.87. The van der Waals surface area contributed by atoms with Gasteiger partial charge >= 0.3 is 0 Å². The second-order valence-corrected chi connectivity index (χ2v) is 10.7. The van der Waals surface area contributed by atoms with Gasteiger partial charge in [0, 0.05) is 46.3 Å². The highest BCUT2D eigenvalue weighted by atomic mass is 35.5. The molecule has 1 aromatic carbocycles. The lowest BCUT2D eigenvalue weighted by Gasteiger charge is -2.10. The number of halogens is 2. The van der Waals surface area contributed by atoms with Crippen LogP contribution >= 0.6 is 45.9 Å². The van der Waals surface area contributed by atoms with Crippen LogP contribution in [0.4, 0.5) is 0 Å². The van der Waals surface area contributed by atoms with Crippen LogP contribution in [0, 0.1) is 6.92 Å². The van der Waals surface area contributed by atoms with Crippen molar-refractivity contribution in [1.29, 1.82) is 0 Å².